The molecule has 1 aliphatic rings. The van der Waals surface area contributed by atoms with Gasteiger partial charge in [0.05, 0.1) is 0 Å². The van der Waals surface area contributed by atoms with Gasteiger partial charge in [-0.3, -0.25) is 0 Å². The molecule has 0 aromatic heterocycles. The van der Waals surface area contributed by atoms with Gasteiger partial charge in [0, 0.05) is 0 Å². The molecule has 0 unspecified atom stereocenters. The highest BCUT2D eigenvalue weighted by Crippen LogP contribution is 2.27. The molecule has 0 aliphatic heterocycles. The molecule has 0 radical (unpaired) electrons. The number of rotatable bonds is 4. The number of aryl methyl sites for hydroxylation is 3. The minimum atomic E-state index is -3.76. The Kier molecular flexibility index (Phi) is 4.21. The van der Waals surface area contributed by atoms with Crippen LogP contribution in [0.1, 0.15) is 36.5 Å². The second kappa shape index (κ2) is 6.13. The fourth-order valence-electron chi connectivity index (χ4n) is 2.83. The summed E-state index contributed by atoms with van der Waals surface area (Å²) in [6.45, 7) is 2.03. The maximum Gasteiger partial charge on any atom is 0.339 e. The van der Waals surface area contributed by atoms with E-state index in [1.54, 1.807) is 18.2 Å². The van der Waals surface area contributed by atoms with Gasteiger partial charge in [0.2, 0.25) is 0 Å². The Morgan fingerprint density at radius 1 is 0.955 bits per heavy atom. The first kappa shape index (κ1) is 15.1. The molecule has 0 N–H and O–H groups in total. The van der Waals surface area contributed by atoms with Crippen LogP contribution in [0.2, 0.25) is 0 Å². The third-order valence-electron chi connectivity index (χ3n) is 4.15. The monoisotopic (exact) mass is 316 g/mol. The van der Waals surface area contributed by atoms with E-state index in [9.17, 15) is 8.42 Å². The predicted molar refractivity (Wildman–Crippen MR) is 86.7 cm³/mol. The van der Waals surface area contributed by atoms with Gasteiger partial charge in [0.15, 0.2) is 0 Å². The molecule has 2 aromatic carbocycles. The Morgan fingerprint density at radius 2 is 1.64 bits per heavy atom. The summed E-state index contributed by atoms with van der Waals surface area (Å²) in [7, 11) is -3.76. The van der Waals surface area contributed by atoms with E-state index >= 15 is 0 Å². The fraction of sp³-hybridized carbons (Fsp3) is 0.333. The molecule has 4 heteroatoms. The summed E-state index contributed by atoms with van der Waals surface area (Å²) >= 11 is 0. The zero-order valence-electron chi connectivity index (χ0n) is 12.7. The van der Waals surface area contributed by atoms with Crippen molar-refractivity contribution in [2.75, 3.05) is 0 Å². The summed E-state index contributed by atoms with van der Waals surface area (Å²) in [5.74, 6) is 0.403. The topological polar surface area (TPSA) is 43.4 Å². The molecule has 116 valence electrons. The van der Waals surface area contributed by atoms with E-state index in [2.05, 4.69) is 0 Å². The number of benzene rings is 2. The van der Waals surface area contributed by atoms with Gasteiger partial charge in [-0.1, -0.05) is 25.1 Å². The maximum absolute atomic E-state index is 12.3. The van der Waals surface area contributed by atoms with Crippen LogP contribution in [0, 0.1) is 0 Å². The van der Waals surface area contributed by atoms with Crippen LogP contribution < -0.4 is 4.18 Å². The lowest BCUT2D eigenvalue weighted by molar-refractivity contribution is 0.485. The second-order valence-corrected chi connectivity index (χ2v) is 7.22. The third kappa shape index (κ3) is 3.17. The summed E-state index contributed by atoms with van der Waals surface area (Å²) in [4.78, 5) is 0.197. The van der Waals surface area contributed by atoms with Crippen molar-refractivity contribution in [1.82, 2.24) is 0 Å². The van der Waals surface area contributed by atoms with Crippen LogP contribution in [0.15, 0.2) is 47.4 Å². The molecule has 0 saturated heterocycles. The maximum atomic E-state index is 12.3. The summed E-state index contributed by atoms with van der Waals surface area (Å²) < 4.78 is 30.0. The Balaban J connectivity index is 1.84. The van der Waals surface area contributed by atoms with E-state index in [4.69, 9.17) is 4.18 Å². The Hall–Kier alpha value is -1.81. The smallest absolute Gasteiger partial charge is 0.339 e. The van der Waals surface area contributed by atoms with Gasteiger partial charge in [-0.05, 0) is 73.1 Å². The average molecular weight is 316 g/mol. The van der Waals surface area contributed by atoms with Gasteiger partial charge in [-0.2, -0.15) is 8.42 Å². The minimum Gasteiger partial charge on any atom is -0.379 e. The minimum absolute atomic E-state index is 0.197. The van der Waals surface area contributed by atoms with Gasteiger partial charge >= 0.3 is 10.1 Å². The summed E-state index contributed by atoms with van der Waals surface area (Å²) in [6, 6.07) is 12.5. The molecule has 0 amide bonds. The number of hydrogen-bond donors (Lipinski definition) is 0. The first-order valence-electron chi connectivity index (χ1n) is 7.74. The Bertz CT molecular complexity index is 761. The van der Waals surface area contributed by atoms with E-state index < -0.39 is 10.1 Å². The molecular weight excluding hydrogens is 296 g/mol. The van der Waals surface area contributed by atoms with Gasteiger partial charge < -0.3 is 4.18 Å². The summed E-state index contributed by atoms with van der Waals surface area (Å²) in [5, 5.41) is 0. The first-order valence-corrected chi connectivity index (χ1v) is 9.14. The highest BCUT2D eigenvalue weighted by Gasteiger charge is 2.18. The van der Waals surface area contributed by atoms with Crippen molar-refractivity contribution in [2.45, 2.75) is 43.9 Å². The molecule has 0 bridgehead atoms. The van der Waals surface area contributed by atoms with Crippen LogP contribution in [-0.4, -0.2) is 8.42 Å². The van der Waals surface area contributed by atoms with Gasteiger partial charge in [0.25, 0.3) is 0 Å². The van der Waals surface area contributed by atoms with Crippen molar-refractivity contribution >= 4 is 10.1 Å². The fourth-order valence-corrected chi connectivity index (χ4v) is 3.75. The van der Waals surface area contributed by atoms with E-state index in [0.717, 1.165) is 31.2 Å². The summed E-state index contributed by atoms with van der Waals surface area (Å²) in [6.07, 6.45) is 5.31. The largest absolute Gasteiger partial charge is 0.379 e. The van der Waals surface area contributed by atoms with E-state index in [0.29, 0.717) is 5.75 Å². The number of fused-ring (bicyclic) bond motifs is 1. The lowest BCUT2D eigenvalue weighted by Gasteiger charge is -2.16. The lowest BCUT2D eigenvalue weighted by Crippen LogP contribution is -2.11. The molecule has 0 heterocycles. The van der Waals surface area contributed by atoms with Crippen LogP contribution in [0.25, 0.3) is 0 Å². The first-order chi connectivity index (χ1) is 10.6. The molecule has 0 spiro atoms. The molecule has 0 atom stereocenters. The van der Waals surface area contributed by atoms with Crippen molar-refractivity contribution in [3.63, 3.8) is 0 Å². The van der Waals surface area contributed by atoms with Crippen molar-refractivity contribution in [3.8, 4) is 5.75 Å². The van der Waals surface area contributed by atoms with E-state index in [1.165, 1.54) is 17.5 Å². The summed E-state index contributed by atoms with van der Waals surface area (Å²) in [5.41, 5.74) is 3.62. The highest BCUT2D eigenvalue weighted by molar-refractivity contribution is 7.87. The van der Waals surface area contributed by atoms with Gasteiger partial charge in [0.1, 0.15) is 10.6 Å². The highest BCUT2D eigenvalue weighted by atomic mass is 32.2. The predicted octanol–water partition coefficient (Wildman–Crippen LogP) is 3.90. The molecule has 0 fully saturated rings. The third-order valence-corrected chi connectivity index (χ3v) is 5.41. The quantitative estimate of drug-likeness (QED) is 0.804. The van der Waals surface area contributed by atoms with Crippen LogP contribution in [0.4, 0.5) is 0 Å². The molecule has 3 nitrogen and oxygen atoms in total. The van der Waals surface area contributed by atoms with Gasteiger partial charge in [-0.25, -0.2) is 0 Å². The van der Waals surface area contributed by atoms with Crippen molar-refractivity contribution in [2.24, 2.45) is 0 Å². The molecule has 3 rings (SSSR count). The second-order valence-electron chi connectivity index (χ2n) is 5.67. The van der Waals surface area contributed by atoms with Crippen molar-refractivity contribution in [3.05, 3.63) is 59.2 Å². The molecule has 22 heavy (non-hydrogen) atoms. The zero-order valence-corrected chi connectivity index (χ0v) is 13.5. The zero-order chi connectivity index (χ0) is 15.6. The molecular formula is C18H20O3S. The molecule has 2 aromatic rings. The van der Waals surface area contributed by atoms with E-state index in [1.807, 2.05) is 31.2 Å². The van der Waals surface area contributed by atoms with E-state index in [-0.39, 0.29) is 4.90 Å². The lowest BCUT2D eigenvalue weighted by atomic mass is 9.92. The van der Waals surface area contributed by atoms with Crippen LogP contribution in [0.3, 0.4) is 0 Å². The standard InChI is InChI=1S/C18H20O3S/c1-2-14-7-11-18(12-8-14)22(19,20)21-17-10-9-15-5-3-4-6-16(15)13-17/h7-13H,2-6H2,1H3. The van der Waals surface area contributed by atoms with Crippen LogP contribution in [-0.2, 0) is 29.4 Å². The van der Waals surface area contributed by atoms with Crippen LogP contribution >= 0.6 is 0 Å². The SMILES string of the molecule is CCc1ccc(S(=O)(=O)Oc2ccc3c(c2)CCCC3)cc1. The molecule has 1 aliphatic carbocycles. The van der Waals surface area contributed by atoms with Crippen LogP contribution in [0.5, 0.6) is 5.75 Å². The molecule has 0 saturated carbocycles. The van der Waals surface area contributed by atoms with Gasteiger partial charge in [-0.15, -0.1) is 0 Å². The Labute approximate surface area is 132 Å². The number of hydrogen-bond acceptors (Lipinski definition) is 3. The Morgan fingerprint density at radius 3 is 2.32 bits per heavy atom. The average Bonchev–Trinajstić information content (AvgIpc) is 2.54. The van der Waals surface area contributed by atoms with Crippen molar-refractivity contribution in [1.29, 1.82) is 0 Å². The normalized spacial score (nSPS) is 14.4. The van der Waals surface area contributed by atoms with Crippen molar-refractivity contribution < 1.29 is 12.6 Å².